The van der Waals surface area contributed by atoms with Crippen molar-refractivity contribution in [3.63, 3.8) is 0 Å². The predicted molar refractivity (Wildman–Crippen MR) is 107 cm³/mol. The van der Waals surface area contributed by atoms with Gasteiger partial charge < -0.3 is 5.73 Å². The van der Waals surface area contributed by atoms with Crippen LogP contribution in [0.4, 0.5) is 22.7 Å². The maximum Gasteiger partial charge on any atom is 0.301 e. The fourth-order valence-corrected chi connectivity index (χ4v) is 2.53. The summed E-state index contributed by atoms with van der Waals surface area (Å²) in [4.78, 5) is 33.1. The highest BCUT2D eigenvalue weighted by Crippen LogP contribution is 2.29. The minimum absolute atomic E-state index is 0.135. The number of non-ortho nitro benzene ring substituents is 2. The van der Waals surface area contributed by atoms with Crippen LogP contribution in [-0.2, 0) is 0 Å². The number of aromatic amines is 1. The van der Waals surface area contributed by atoms with Gasteiger partial charge in [-0.25, -0.2) is 0 Å². The van der Waals surface area contributed by atoms with Gasteiger partial charge in [0.2, 0.25) is 0 Å². The Kier molecular flexibility index (Phi) is 5.23. The highest BCUT2D eigenvalue weighted by Gasteiger charge is 2.18. The van der Waals surface area contributed by atoms with Crippen molar-refractivity contribution >= 4 is 40.1 Å². The molecule has 0 bridgehead atoms. The summed E-state index contributed by atoms with van der Waals surface area (Å²) in [6, 6.07) is 10.7. The quantitative estimate of drug-likeness (QED) is 0.279. The van der Waals surface area contributed by atoms with E-state index in [1.54, 1.807) is 0 Å². The third-order valence-electron chi connectivity index (χ3n) is 3.76. The van der Waals surface area contributed by atoms with E-state index in [-0.39, 0.29) is 33.6 Å². The first-order valence-corrected chi connectivity index (χ1v) is 8.24. The Morgan fingerprint density at radius 2 is 1.69 bits per heavy atom. The van der Waals surface area contributed by atoms with E-state index in [1.807, 2.05) is 0 Å². The second-order valence-corrected chi connectivity index (χ2v) is 6.01. The van der Waals surface area contributed by atoms with Crippen LogP contribution in [-0.4, -0.2) is 24.7 Å². The summed E-state index contributed by atoms with van der Waals surface area (Å²) in [5.74, 6) is 0. The van der Waals surface area contributed by atoms with Gasteiger partial charge in [0.05, 0.1) is 21.2 Å². The first kappa shape index (κ1) is 19.5. The van der Waals surface area contributed by atoms with Gasteiger partial charge in [-0.15, -0.1) is 5.11 Å². The van der Waals surface area contributed by atoms with Crippen LogP contribution in [0.25, 0.3) is 11.3 Å². The number of hydrogen-bond donors (Lipinski definition) is 2. The molecule has 1 heterocycles. The van der Waals surface area contributed by atoms with Crippen LogP contribution in [0.5, 0.6) is 0 Å². The number of H-pyrrole nitrogens is 1. The van der Waals surface area contributed by atoms with Crippen LogP contribution in [0.3, 0.4) is 0 Å². The molecule has 0 aliphatic heterocycles. The van der Waals surface area contributed by atoms with Gasteiger partial charge in [0.1, 0.15) is 0 Å². The third-order valence-corrected chi connectivity index (χ3v) is 3.94. The van der Waals surface area contributed by atoms with E-state index >= 15 is 0 Å². The van der Waals surface area contributed by atoms with E-state index < -0.39 is 15.4 Å². The molecule has 13 heteroatoms. The van der Waals surface area contributed by atoms with Crippen LogP contribution in [0, 0.1) is 20.2 Å². The summed E-state index contributed by atoms with van der Waals surface area (Å²) in [5, 5.41) is 31.9. The maximum atomic E-state index is 12.6. The number of aromatic nitrogens is 2. The van der Waals surface area contributed by atoms with E-state index in [0.717, 1.165) is 4.68 Å². The van der Waals surface area contributed by atoms with Crippen molar-refractivity contribution < 1.29 is 9.85 Å². The molecule has 3 N–H and O–H groups in total. The number of nitrogens with zero attached hydrogens (tertiary/aromatic N) is 5. The molecule has 0 unspecified atom stereocenters. The lowest BCUT2D eigenvalue weighted by molar-refractivity contribution is -0.385. The Hall–Kier alpha value is -4.26. The van der Waals surface area contributed by atoms with Crippen LogP contribution >= 0.6 is 12.2 Å². The van der Waals surface area contributed by atoms with Gasteiger partial charge in [-0.3, -0.25) is 30.1 Å². The van der Waals surface area contributed by atoms with E-state index in [9.17, 15) is 25.0 Å². The van der Waals surface area contributed by atoms with Gasteiger partial charge in [-0.1, -0.05) is 6.07 Å². The second-order valence-electron chi connectivity index (χ2n) is 5.60. The molecule has 0 spiro atoms. The zero-order valence-corrected chi connectivity index (χ0v) is 15.2. The largest absolute Gasteiger partial charge is 0.374 e. The molecule has 3 rings (SSSR count). The van der Waals surface area contributed by atoms with Gasteiger partial charge in [0, 0.05) is 29.8 Å². The summed E-state index contributed by atoms with van der Waals surface area (Å²) < 4.78 is 0.869. The van der Waals surface area contributed by atoms with Crippen LogP contribution in [0.1, 0.15) is 0 Å². The lowest BCUT2D eigenvalue weighted by Crippen LogP contribution is -2.29. The molecular weight excluding hydrogens is 402 g/mol. The zero-order valence-electron chi connectivity index (χ0n) is 14.4. The molecule has 12 nitrogen and oxygen atoms in total. The molecule has 2 aromatic carbocycles. The number of hydrogen-bond acceptors (Lipinski definition) is 8. The molecule has 1 aromatic heterocycles. The number of benzene rings is 2. The summed E-state index contributed by atoms with van der Waals surface area (Å²) in [6.07, 6.45) is 0. The third kappa shape index (κ3) is 4.03. The normalized spacial score (nSPS) is 10.9. The fourth-order valence-electron chi connectivity index (χ4n) is 2.40. The summed E-state index contributed by atoms with van der Waals surface area (Å²) in [7, 11) is 0. The zero-order chi connectivity index (χ0) is 21.1. The second kappa shape index (κ2) is 7.77. The van der Waals surface area contributed by atoms with Gasteiger partial charge in [0.25, 0.3) is 11.4 Å². The Bertz CT molecular complexity index is 1210. The van der Waals surface area contributed by atoms with Crippen LogP contribution in [0.15, 0.2) is 63.6 Å². The highest BCUT2D eigenvalue weighted by atomic mass is 32.1. The van der Waals surface area contributed by atoms with E-state index in [1.165, 1.54) is 48.5 Å². The van der Waals surface area contributed by atoms with Crippen molar-refractivity contribution in [1.82, 2.24) is 9.78 Å². The predicted octanol–water partition coefficient (Wildman–Crippen LogP) is 3.17. The fraction of sp³-hybridized carbons (Fsp3) is 0. The van der Waals surface area contributed by atoms with Gasteiger partial charge >= 0.3 is 5.56 Å². The first-order valence-electron chi connectivity index (χ1n) is 7.84. The van der Waals surface area contributed by atoms with Crippen molar-refractivity contribution in [1.29, 1.82) is 0 Å². The SMILES string of the molecule is NC(=S)n1[nH]c(-c2ccc([N+](=O)[O-])cc2)c(N=Nc2cccc([N+](=O)[O-])c2)c1=O. The average Bonchev–Trinajstić information content (AvgIpc) is 3.03. The first-order chi connectivity index (χ1) is 13.8. The monoisotopic (exact) mass is 413 g/mol. The minimum Gasteiger partial charge on any atom is -0.374 e. The Balaban J connectivity index is 2.09. The molecule has 0 saturated carbocycles. The summed E-state index contributed by atoms with van der Waals surface area (Å²) in [5.41, 5.74) is 5.06. The van der Waals surface area contributed by atoms with Crippen molar-refractivity contribution in [3.8, 4) is 11.3 Å². The number of nitrogens with one attached hydrogen (secondary N) is 1. The molecule has 0 fully saturated rings. The van der Waals surface area contributed by atoms with Gasteiger partial charge in [0.15, 0.2) is 10.8 Å². The minimum atomic E-state index is -0.694. The standard InChI is InChI=1S/C16H11N7O5S/c17-16(29)21-15(24)14(19-18-10-2-1-3-12(8-10)23(27)28)13(20-21)9-4-6-11(7-5-9)22(25)26/h1-8,20H,(H2,17,29). The van der Waals surface area contributed by atoms with Gasteiger partial charge in [-0.05, 0) is 30.4 Å². The Morgan fingerprint density at radius 3 is 2.28 bits per heavy atom. The molecule has 146 valence electrons. The number of nitro groups is 2. The molecule has 29 heavy (non-hydrogen) atoms. The molecule has 0 aliphatic carbocycles. The van der Waals surface area contributed by atoms with Crippen molar-refractivity contribution in [2.75, 3.05) is 0 Å². The number of rotatable bonds is 5. The van der Waals surface area contributed by atoms with E-state index in [2.05, 4.69) is 15.3 Å². The number of nitro benzene ring substituents is 2. The molecular formula is C16H11N7O5S. The summed E-state index contributed by atoms with van der Waals surface area (Å²) in [6.45, 7) is 0. The van der Waals surface area contributed by atoms with Crippen LogP contribution in [0.2, 0.25) is 0 Å². The van der Waals surface area contributed by atoms with Crippen molar-refractivity contribution in [2.45, 2.75) is 0 Å². The smallest absolute Gasteiger partial charge is 0.301 e. The van der Waals surface area contributed by atoms with E-state index in [0.29, 0.717) is 5.56 Å². The Morgan fingerprint density at radius 1 is 1.03 bits per heavy atom. The molecule has 3 aromatic rings. The number of thiocarbonyl (C=S) groups is 1. The molecule has 0 amide bonds. The average molecular weight is 413 g/mol. The summed E-state index contributed by atoms with van der Waals surface area (Å²) >= 11 is 4.82. The molecule has 0 aliphatic rings. The van der Waals surface area contributed by atoms with E-state index in [4.69, 9.17) is 18.0 Å². The molecule has 0 saturated heterocycles. The highest BCUT2D eigenvalue weighted by molar-refractivity contribution is 7.80. The molecule has 0 atom stereocenters. The number of azo groups is 1. The lowest BCUT2D eigenvalue weighted by atomic mass is 10.1. The lowest BCUT2D eigenvalue weighted by Gasteiger charge is -2.00. The maximum absolute atomic E-state index is 12.6. The topological polar surface area (TPSA) is 175 Å². The Labute approximate surface area is 166 Å². The van der Waals surface area contributed by atoms with Gasteiger partial charge in [-0.2, -0.15) is 9.80 Å². The van der Waals surface area contributed by atoms with Crippen molar-refractivity contribution in [3.05, 3.63) is 79.1 Å². The molecule has 0 radical (unpaired) electrons. The van der Waals surface area contributed by atoms with Crippen molar-refractivity contribution in [2.24, 2.45) is 16.0 Å². The number of nitrogens with two attached hydrogens (primary N) is 1. The van der Waals surface area contributed by atoms with Crippen LogP contribution < -0.4 is 11.3 Å².